The number of hydrogen-bond donors (Lipinski definition) is 2. The zero-order valence-corrected chi connectivity index (χ0v) is 10.1. The van der Waals surface area contributed by atoms with Crippen LogP contribution in [0.2, 0.25) is 0 Å². The quantitative estimate of drug-likeness (QED) is 0.835. The van der Waals surface area contributed by atoms with E-state index in [1.54, 1.807) is 12.1 Å². The van der Waals surface area contributed by atoms with Crippen molar-refractivity contribution in [3.05, 3.63) is 46.6 Å². The lowest BCUT2D eigenvalue weighted by Crippen LogP contribution is -1.97. The van der Waals surface area contributed by atoms with Crippen LogP contribution in [-0.2, 0) is 0 Å². The molecule has 0 aliphatic rings. The van der Waals surface area contributed by atoms with Crippen LogP contribution in [0.4, 0.5) is 26.0 Å². The Labute approximate surface area is 105 Å². The molecule has 0 spiro atoms. The van der Waals surface area contributed by atoms with Gasteiger partial charge in [0.05, 0.1) is 22.0 Å². The minimum Gasteiger partial charge on any atom is -0.384 e. The average molecular weight is 300 g/mol. The zero-order chi connectivity index (χ0) is 12.4. The van der Waals surface area contributed by atoms with Crippen molar-refractivity contribution in [3.63, 3.8) is 0 Å². The lowest BCUT2D eigenvalue weighted by Gasteiger charge is -2.08. The Balaban J connectivity index is 2.30. The molecule has 0 aliphatic heterocycles. The lowest BCUT2D eigenvalue weighted by molar-refractivity contribution is 0.581. The lowest BCUT2D eigenvalue weighted by atomic mass is 10.3. The van der Waals surface area contributed by atoms with Crippen molar-refractivity contribution in [2.75, 3.05) is 11.1 Å². The maximum atomic E-state index is 13.4. The number of nitrogen functional groups attached to an aromatic ring is 1. The van der Waals surface area contributed by atoms with Gasteiger partial charge in [-0.3, -0.25) is 0 Å². The SMILES string of the molecule is Nc1ccc(Nc2cc(Br)c(F)cc2F)cn1. The van der Waals surface area contributed by atoms with Crippen LogP contribution < -0.4 is 11.1 Å². The summed E-state index contributed by atoms with van der Waals surface area (Å²) < 4.78 is 26.6. The normalized spacial score (nSPS) is 10.3. The first kappa shape index (κ1) is 11.8. The Morgan fingerprint density at radius 2 is 1.94 bits per heavy atom. The summed E-state index contributed by atoms with van der Waals surface area (Å²) in [5.74, 6) is -0.956. The van der Waals surface area contributed by atoms with Crippen LogP contribution in [0.15, 0.2) is 34.9 Å². The summed E-state index contributed by atoms with van der Waals surface area (Å²) >= 11 is 2.99. The van der Waals surface area contributed by atoms with E-state index in [0.29, 0.717) is 11.5 Å². The van der Waals surface area contributed by atoms with E-state index in [9.17, 15) is 8.78 Å². The molecular formula is C11H8BrF2N3. The van der Waals surface area contributed by atoms with Gasteiger partial charge < -0.3 is 11.1 Å². The highest BCUT2D eigenvalue weighted by Crippen LogP contribution is 2.26. The standard InChI is InChI=1S/C11H8BrF2N3/c12-7-3-10(9(14)4-8(7)13)17-6-1-2-11(15)16-5-6/h1-5,17H,(H2,15,16). The number of benzene rings is 1. The Morgan fingerprint density at radius 3 is 2.59 bits per heavy atom. The van der Waals surface area contributed by atoms with Gasteiger partial charge in [-0.05, 0) is 34.1 Å². The smallest absolute Gasteiger partial charge is 0.149 e. The second kappa shape index (κ2) is 4.67. The second-order valence-corrected chi connectivity index (χ2v) is 4.20. The van der Waals surface area contributed by atoms with Crippen LogP contribution in [0.3, 0.4) is 0 Å². The van der Waals surface area contributed by atoms with Crippen LogP contribution in [0.5, 0.6) is 0 Å². The summed E-state index contributed by atoms with van der Waals surface area (Å²) in [6.07, 6.45) is 1.46. The molecule has 0 saturated carbocycles. The fourth-order valence-electron chi connectivity index (χ4n) is 1.25. The Bertz CT molecular complexity index is 543. The van der Waals surface area contributed by atoms with Gasteiger partial charge >= 0.3 is 0 Å². The molecule has 17 heavy (non-hydrogen) atoms. The van der Waals surface area contributed by atoms with Crippen molar-refractivity contribution in [1.29, 1.82) is 0 Å². The number of nitrogens with one attached hydrogen (secondary N) is 1. The number of rotatable bonds is 2. The van der Waals surface area contributed by atoms with Crippen LogP contribution in [0, 0.1) is 11.6 Å². The van der Waals surface area contributed by atoms with Gasteiger partial charge in [0.15, 0.2) is 0 Å². The molecule has 1 aromatic carbocycles. The maximum absolute atomic E-state index is 13.4. The molecule has 3 N–H and O–H groups in total. The van der Waals surface area contributed by atoms with E-state index in [1.807, 2.05) is 0 Å². The molecular weight excluding hydrogens is 292 g/mol. The highest BCUT2D eigenvalue weighted by Gasteiger charge is 2.08. The van der Waals surface area contributed by atoms with Crippen LogP contribution >= 0.6 is 15.9 Å². The van der Waals surface area contributed by atoms with E-state index in [4.69, 9.17) is 5.73 Å². The third-order valence-corrected chi connectivity index (χ3v) is 2.68. The highest BCUT2D eigenvalue weighted by molar-refractivity contribution is 9.10. The molecule has 0 aliphatic carbocycles. The maximum Gasteiger partial charge on any atom is 0.149 e. The average Bonchev–Trinajstić information content (AvgIpc) is 2.29. The summed E-state index contributed by atoms with van der Waals surface area (Å²) in [6.45, 7) is 0. The van der Waals surface area contributed by atoms with Crippen molar-refractivity contribution < 1.29 is 8.78 Å². The summed E-state index contributed by atoms with van der Waals surface area (Å²) in [5, 5.41) is 2.78. The predicted octanol–water partition coefficient (Wildman–Crippen LogP) is 3.45. The molecule has 1 aromatic heterocycles. The minimum absolute atomic E-state index is 0.157. The predicted molar refractivity (Wildman–Crippen MR) is 66.0 cm³/mol. The van der Waals surface area contributed by atoms with E-state index < -0.39 is 11.6 Å². The van der Waals surface area contributed by atoms with Crippen molar-refractivity contribution in [2.45, 2.75) is 0 Å². The fraction of sp³-hybridized carbons (Fsp3) is 0. The zero-order valence-electron chi connectivity index (χ0n) is 8.55. The molecule has 0 fully saturated rings. The molecule has 2 aromatic rings. The summed E-state index contributed by atoms with van der Waals surface area (Å²) in [6, 6.07) is 5.36. The molecule has 3 nitrogen and oxygen atoms in total. The van der Waals surface area contributed by atoms with Crippen molar-refractivity contribution in [2.24, 2.45) is 0 Å². The minimum atomic E-state index is -0.678. The number of nitrogens with two attached hydrogens (primary N) is 1. The third kappa shape index (κ3) is 2.71. The van der Waals surface area contributed by atoms with E-state index >= 15 is 0 Å². The Kier molecular flexibility index (Phi) is 3.23. The van der Waals surface area contributed by atoms with Gasteiger partial charge in [0.1, 0.15) is 17.5 Å². The number of aromatic nitrogens is 1. The molecule has 0 saturated heterocycles. The van der Waals surface area contributed by atoms with E-state index in [0.717, 1.165) is 6.07 Å². The van der Waals surface area contributed by atoms with Gasteiger partial charge in [0.25, 0.3) is 0 Å². The van der Waals surface area contributed by atoms with Gasteiger partial charge in [0, 0.05) is 6.07 Å². The largest absolute Gasteiger partial charge is 0.384 e. The topological polar surface area (TPSA) is 50.9 Å². The number of hydrogen-bond acceptors (Lipinski definition) is 3. The first-order chi connectivity index (χ1) is 8.06. The molecule has 1 heterocycles. The molecule has 0 bridgehead atoms. The Morgan fingerprint density at radius 1 is 1.18 bits per heavy atom. The summed E-state index contributed by atoms with van der Waals surface area (Å²) in [4.78, 5) is 3.85. The second-order valence-electron chi connectivity index (χ2n) is 3.34. The molecule has 0 unspecified atom stereocenters. The third-order valence-electron chi connectivity index (χ3n) is 2.08. The van der Waals surface area contributed by atoms with Gasteiger partial charge in [0.2, 0.25) is 0 Å². The van der Waals surface area contributed by atoms with E-state index in [1.165, 1.54) is 12.3 Å². The van der Waals surface area contributed by atoms with Gasteiger partial charge in [-0.25, -0.2) is 13.8 Å². The van der Waals surface area contributed by atoms with Crippen LogP contribution in [0.1, 0.15) is 0 Å². The van der Waals surface area contributed by atoms with E-state index in [2.05, 4.69) is 26.2 Å². The fourth-order valence-corrected chi connectivity index (χ4v) is 1.60. The monoisotopic (exact) mass is 299 g/mol. The first-order valence-electron chi connectivity index (χ1n) is 4.69. The molecule has 0 radical (unpaired) electrons. The van der Waals surface area contributed by atoms with Gasteiger partial charge in [-0.2, -0.15) is 0 Å². The number of halogens is 3. The van der Waals surface area contributed by atoms with E-state index in [-0.39, 0.29) is 10.2 Å². The van der Waals surface area contributed by atoms with Crippen LogP contribution in [0.25, 0.3) is 0 Å². The number of anilines is 3. The molecule has 0 atom stereocenters. The number of pyridine rings is 1. The molecule has 6 heteroatoms. The summed E-state index contributed by atoms with van der Waals surface area (Å²) in [7, 11) is 0. The van der Waals surface area contributed by atoms with Crippen molar-refractivity contribution >= 4 is 33.1 Å². The van der Waals surface area contributed by atoms with Crippen molar-refractivity contribution in [3.8, 4) is 0 Å². The van der Waals surface area contributed by atoms with Crippen LogP contribution in [-0.4, -0.2) is 4.98 Å². The summed E-state index contributed by atoms with van der Waals surface area (Å²) in [5.41, 5.74) is 6.15. The van der Waals surface area contributed by atoms with Crippen molar-refractivity contribution in [1.82, 2.24) is 4.98 Å². The first-order valence-corrected chi connectivity index (χ1v) is 5.48. The Hall–Kier alpha value is -1.69. The number of nitrogens with zero attached hydrogens (tertiary/aromatic N) is 1. The molecule has 2 rings (SSSR count). The van der Waals surface area contributed by atoms with Gasteiger partial charge in [-0.1, -0.05) is 0 Å². The molecule has 0 amide bonds. The van der Waals surface area contributed by atoms with Gasteiger partial charge in [-0.15, -0.1) is 0 Å². The molecule has 88 valence electrons. The highest BCUT2D eigenvalue weighted by atomic mass is 79.9.